The van der Waals surface area contributed by atoms with Crippen molar-refractivity contribution in [3.8, 4) is 0 Å². The van der Waals surface area contributed by atoms with Crippen molar-refractivity contribution in [2.24, 2.45) is 0 Å². The third-order valence-electron chi connectivity index (χ3n) is 3.21. The van der Waals surface area contributed by atoms with Crippen molar-refractivity contribution in [1.29, 1.82) is 0 Å². The third kappa shape index (κ3) is 1.86. The van der Waals surface area contributed by atoms with E-state index in [1.165, 1.54) is 30.5 Å². The number of rotatable bonds is 2. The summed E-state index contributed by atoms with van der Waals surface area (Å²) in [6, 6.07) is 7.23. The lowest BCUT2D eigenvalue weighted by Crippen LogP contribution is -2.30. The number of anilines is 1. The molecule has 0 unspecified atom stereocenters. The molecular formula is C14H9N3O4. The van der Waals surface area contributed by atoms with Crippen LogP contribution in [0.25, 0.3) is 0 Å². The van der Waals surface area contributed by atoms with Gasteiger partial charge in [-0.1, -0.05) is 12.1 Å². The average Bonchev–Trinajstić information content (AvgIpc) is 2.72. The number of pyridine rings is 1. The maximum atomic E-state index is 12.4. The lowest BCUT2D eigenvalue weighted by atomic mass is 10.1. The van der Waals surface area contributed by atoms with Crippen LogP contribution in [0.1, 0.15) is 26.3 Å². The Hall–Kier alpha value is -3.09. The highest BCUT2D eigenvalue weighted by Gasteiger charge is 2.42. The van der Waals surface area contributed by atoms with E-state index in [0.29, 0.717) is 0 Å². The van der Waals surface area contributed by atoms with Crippen molar-refractivity contribution >= 4 is 23.3 Å². The number of benzene rings is 1. The van der Waals surface area contributed by atoms with E-state index in [4.69, 9.17) is 0 Å². The van der Waals surface area contributed by atoms with Crippen LogP contribution in [0.2, 0.25) is 0 Å². The van der Waals surface area contributed by atoms with E-state index in [2.05, 4.69) is 4.98 Å². The molecule has 1 aliphatic heterocycles. The predicted octanol–water partition coefficient (Wildman–Crippen LogP) is 2.10. The molecule has 1 aromatic carbocycles. The maximum absolute atomic E-state index is 12.4. The summed E-state index contributed by atoms with van der Waals surface area (Å²) in [6.07, 6.45) is 1.52. The number of aromatic nitrogens is 1. The topological polar surface area (TPSA) is 93.4 Å². The molecule has 0 N–H and O–H groups in total. The summed E-state index contributed by atoms with van der Waals surface area (Å²) < 4.78 is 0. The molecule has 2 heterocycles. The van der Waals surface area contributed by atoms with Crippen LogP contribution >= 0.6 is 0 Å². The summed E-state index contributed by atoms with van der Waals surface area (Å²) in [4.78, 5) is 39.9. The molecule has 0 spiro atoms. The lowest BCUT2D eigenvalue weighted by Gasteiger charge is -2.12. The minimum absolute atomic E-state index is 0.0246. The molecular weight excluding hydrogens is 274 g/mol. The van der Waals surface area contributed by atoms with Gasteiger partial charge in [-0.3, -0.25) is 19.7 Å². The van der Waals surface area contributed by atoms with Gasteiger partial charge in [-0.15, -0.1) is 0 Å². The molecule has 2 aromatic rings. The highest BCUT2D eigenvalue weighted by molar-refractivity contribution is 6.35. The summed E-state index contributed by atoms with van der Waals surface area (Å²) in [6.45, 7) is 1.82. The molecule has 0 saturated carbocycles. The Kier molecular flexibility index (Phi) is 2.76. The molecule has 0 radical (unpaired) electrons. The fourth-order valence-electron chi connectivity index (χ4n) is 2.22. The Labute approximate surface area is 119 Å². The Morgan fingerprint density at radius 3 is 2.52 bits per heavy atom. The Morgan fingerprint density at radius 2 is 1.90 bits per heavy atom. The number of carbonyl (C=O) groups excluding carboxylic acids is 2. The van der Waals surface area contributed by atoms with Gasteiger partial charge in [0.15, 0.2) is 0 Å². The van der Waals surface area contributed by atoms with Crippen molar-refractivity contribution in [3.63, 3.8) is 0 Å². The van der Waals surface area contributed by atoms with Gasteiger partial charge in [0.05, 0.1) is 10.5 Å². The molecule has 7 heteroatoms. The van der Waals surface area contributed by atoms with Gasteiger partial charge in [0.25, 0.3) is 17.5 Å². The summed E-state index contributed by atoms with van der Waals surface area (Å²) >= 11 is 0. The Bertz CT molecular complexity index is 783. The molecule has 104 valence electrons. The number of aryl methyl sites for hydroxylation is 1. The fourth-order valence-corrected chi connectivity index (χ4v) is 2.22. The van der Waals surface area contributed by atoms with Gasteiger partial charge < -0.3 is 0 Å². The number of imide groups is 1. The normalized spacial score (nSPS) is 13.5. The van der Waals surface area contributed by atoms with Crippen LogP contribution in [-0.2, 0) is 0 Å². The number of nitro groups is 1. The van der Waals surface area contributed by atoms with E-state index in [1.54, 1.807) is 6.07 Å². The highest BCUT2D eigenvalue weighted by Crippen LogP contribution is 2.32. The van der Waals surface area contributed by atoms with Crippen molar-refractivity contribution in [3.05, 3.63) is 63.3 Å². The lowest BCUT2D eigenvalue weighted by molar-refractivity contribution is -0.385. The molecule has 1 aromatic heterocycles. The summed E-state index contributed by atoms with van der Waals surface area (Å²) in [5.41, 5.74) is 0.341. The molecule has 0 bridgehead atoms. The smallest absolute Gasteiger partial charge is 0.268 e. The summed E-state index contributed by atoms with van der Waals surface area (Å²) in [5, 5.41) is 11.0. The van der Waals surface area contributed by atoms with Gasteiger partial charge in [-0.25, -0.2) is 9.88 Å². The molecule has 1 aliphatic rings. The molecule has 3 rings (SSSR count). The largest absolute Gasteiger partial charge is 0.283 e. The zero-order valence-electron chi connectivity index (χ0n) is 10.9. The Morgan fingerprint density at radius 1 is 1.14 bits per heavy atom. The third-order valence-corrected chi connectivity index (χ3v) is 3.21. The van der Waals surface area contributed by atoms with Gasteiger partial charge >= 0.3 is 0 Å². The standard InChI is InChI=1S/C14H9N3O4/c1-8-5-6-11(15-7-8)16-13(18)9-3-2-4-10(17(20)21)12(9)14(16)19/h2-7H,1H3. The van der Waals surface area contributed by atoms with Crippen LogP contribution in [0, 0.1) is 17.0 Å². The van der Waals surface area contributed by atoms with E-state index in [9.17, 15) is 19.7 Å². The molecule has 0 atom stereocenters. The molecule has 0 fully saturated rings. The van der Waals surface area contributed by atoms with Gasteiger partial charge in [-0.2, -0.15) is 0 Å². The van der Waals surface area contributed by atoms with Gasteiger partial charge in [0, 0.05) is 12.3 Å². The first-order chi connectivity index (χ1) is 10.0. The molecule has 7 nitrogen and oxygen atoms in total. The van der Waals surface area contributed by atoms with Crippen molar-refractivity contribution in [1.82, 2.24) is 4.98 Å². The maximum Gasteiger partial charge on any atom is 0.283 e. The quantitative estimate of drug-likeness (QED) is 0.478. The zero-order chi connectivity index (χ0) is 15.1. The molecule has 21 heavy (non-hydrogen) atoms. The van der Waals surface area contributed by atoms with Crippen LogP contribution in [0.5, 0.6) is 0 Å². The van der Waals surface area contributed by atoms with E-state index in [-0.39, 0.29) is 22.6 Å². The van der Waals surface area contributed by atoms with Crippen molar-refractivity contribution in [2.45, 2.75) is 6.92 Å². The fraction of sp³-hybridized carbons (Fsp3) is 0.0714. The van der Waals surface area contributed by atoms with E-state index < -0.39 is 16.7 Å². The molecule has 0 saturated heterocycles. The summed E-state index contributed by atoms with van der Waals surface area (Å²) in [7, 11) is 0. The number of carbonyl (C=O) groups is 2. The first-order valence-corrected chi connectivity index (χ1v) is 6.09. The second-order valence-electron chi connectivity index (χ2n) is 4.60. The van der Waals surface area contributed by atoms with E-state index in [1.807, 2.05) is 6.92 Å². The predicted molar refractivity (Wildman–Crippen MR) is 73.2 cm³/mol. The van der Waals surface area contributed by atoms with Gasteiger partial charge in [0.1, 0.15) is 11.4 Å². The van der Waals surface area contributed by atoms with Crippen LogP contribution in [0.3, 0.4) is 0 Å². The first kappa shape index (κ1) is 12.9. The van der Waals surface area contributed by atoms with Gasteiger partial charge in [0.2, 0.25) is 0 Å². The number of nitro benzene ring substituents is 1. The second-order valence-corrected chi connectivity index (χ2v) is 4.60. The Balaban J connectivity index is 2.15. The molecule has 0 aliphatic carbocycles. The van der Waals surface area contributed by atoms with Crippen LogP contribution in [0.4, 0.5) is 11.5 Å². The molecule has 2 amide bonds. The van der Waals surface area contributed by atoms with Crippen molar-refractivity contribution < 1.29 is 14.5 Å². The van der Waals surface area contributed by atoms with Crippen LogP contribution in [-0.4, -0.2) is 21.7 Å². The van der Waals surface area contributed by atoms with Crippen LogP contribution < -0.4 is 4.90 Å². The van der Waals surface area contributed by atoms with E-state index >= 15 is 0 Å². The number of hydrogen-bond donors (Lipinski definition) is 0. The first-order valence-electron chi connectivity index (χ1n) is 6.09. The van der Waals surface area contributed by atoms with Crippen LogP contribution in [0.15, 0.2) is 36.5 Å². The number of fused-ring (bicyclic) bond motifs is 1. The number of amides is 2. The summed E-state index contributed by atoms with van der Waals surface area (Å²) in [5.74, 6) is -1.17. The monoisotopic (exact) mass is 283 g/mol. The number of nitrogens with zero attached hydrogens (tertiary/aromatic N) is 3. The second kappa shape index (κ2) is 4.48. The zero-order valence-corrected chi connectivity index (χ0v) is 10.9. The van der Waals surface area contributed by atoms with Gasteiger partial charge in [-0.05, 0) is 24.6 Å². The van der Waals surface area contributed by atoms with E-state index in [0.717, 1.165) is 10.5 Å². The highest BCUT2D eigenvalue weighted by atomic mass is 16.6. The minimum Gasteiger partial charge on any atom is -0.268 e. The number of hydrogen-bond acceptors (Lipinski definition) is 5. The average molecular weight is 283 g/mol. The van der Waals surface area contributed by atoms with Crippen molar-refractivity contribution in [2.75, 3.05) is 4.90 Å². The SMILES string of the molecule is Cc1ccc(N2C(=O)c3cccc([N+](=O)[O-])c3C2=O)nc1. The minimum atomic E-state index is -0.723.